The first-order valence-electron chi connectivity index (χ1n) is 6.19. The summed E-state index contributed by atoms with van der Waals surface area (Å²) < 4.78 is 18.3. The summed E-state index contributed by atoms with van der Waals surface area (Å²) in [7, 11) is 0. The Hall–Kier alpha value is -1.75. The lowest BCUT2D eigenvalue weighted by Crippen LogP contribution is -2.15. The number of hydrogen-bond acceptors (Lipinski definition) is 4. The molecule has 6 heteroatoms. The van der Waals surface area contributed by atoms with Crippen LogP contribution in [0.5, 0.6) is 0 Å². The fraction of sp³-hybridized carbons (Fsp3) is 0.357. The zero-order valence-corrected chi connectivity index (χ0v) is 12.1. The summed E-state index contributed by atoms with van der Waals surface area (Å²) in [6, 6.07) is 4.16. The second kappa shape index (κ2) is 5.71. The van der Waals surface area contributed by atoms with E-state index in [4.69, 9.17) is 16.1 Å². The van der Waals surface area contributed by atoms with Crippen molar-refractivity contribution in [2.24, 2.45) is 5.92 Å². The molecule has 0 N–H and O–H groups in total. The average Bonchev–Trinajstić information content (AvgIpc) is 2.81. The minimum Gasteiger partial charge on any atom is -0.338 e. The number of carbonyl (C=O) groups is 1. The van der Waals surface area contributed by atoms with Crippen LogP contribution in [0, 0.1) is 11.7 Å². The smallest absolute Gasteiger partial charge is 0.237 e. The monoisotopic (exact) mass is 296 g/mol. The van der Waals surface area contributed by atoms with Crippen LogP contribution in [0.2, 0.25) is 5.02 Å². The third-order valence-corrected chi connectivity index (χ3v) is 3.28. The number of nitrogens with zero attached hydrogens (tertiary/aromatic N) is 2. The molecule has 0 saturated carbocycles. The van der Waals surface area contributed by atoms with E-state index in [9.17, 15) is 9.18 Å². The van der Waals surface area contributed by atoms with Gasteiger partial charge in [-0.25, -0.2) is 4.39 Å². The van der Waals surface area contributed by atoms with Gasteiger partial charge in [-0.15, -0.1) is 0 Å². The minimum atomic E-state index is -0.511. The van der Waals surface area contributed by atoms with Crippen LogP contribution in [0.15, 0.2) is 22.7 Å². The summed E-state index contributed by atoms with van der Waals surface area (Å²) in [6.07, 6.45) is 0. The zero-order chi connectivity index (χ0) is 14.9. The van der Waals surface area contributed by atoms with E-state index < -0.39 is 11.7 Å². The molecule has 1 unspecified atom stereocenters. The van der Waals surface area contributed by atoms with Gasteiger partial charge in [-0.3, -0.25) is 4.79 Å². The molecule has 2 aromatic rings. The van der Waals surface area contributed by atoms with Crippen LogP contribution >= 0.6 is 11.6 Å². The highest BCUT2D eigenvalue weighted by Gasteiger charge is 2.27. The number of carbonyl (C=O) groups excluding carboxylic acids is 1. The Morgan fingerprint density at radius 3 is 2.65 bits per heavy atom. The molecule has 1 aromatic heterocycles. The highest BCUT2D eigenvalue weighted by Crippen LogP contribution is 2.27. The molecular weight excluding hydrogens is 283 g/mol. The summed E-state index contributed by atoms with van der Waals surface area (Å²) >= 11 is 5.72. The van der Waals surface area contributed by atoms with E-state index in [1.807, 2.05) is 13.8 Å². The molecule has 0 radical (unpaired) electrons. The van der Waals surface area contributed by atoms with Gasteiger partial charge in [-0.05, 0) is 31.0 Å². The van der Waals surface area contributed by atoms with E-state index in [0.29, 0.717) is 5.56 Å². The van der Waals surface area contributed by atoms with Crippen LogP contribution in [0.4, 0.5) is 4.39 Å². The number of rotatable bonds is 4. The molecule has 20 heavy (non-hydrogen) atoms. The molecule has 0 fully saturated rings. The van der Waals surface area contributed by atoms with Gasteiger partial charge in [0.1, 0.15) is 11.6 Å². The summed E-state index contributed by atoms with van der Waals surface area (Å²) in [4.78, 5) is 15.8. The summed E-state index contributed by atoms with van der Waals surface area (Å²) in [5, 5.41) is 3.81. The number of aromatic nitrogens is 2. The Morgan fingerprint density at radius 2 is 2.10 bits per heavy atom. The Balaban J connectivity index is 2.37. The van der Waals surface area contributed by atoms with Gasteiger partial charge >= 0.3 is 0 Å². The zero-order valence-electron chi connectivity index (χ0n) is 11.4. The highest BCUT2D eigenvalue weighted by atomic mass is 35.5. The Labute approximate surface area is 120 Å². The van der Waals surface area contributed by atoms with Crippen molar-refractivity contribution < 1.29 is 13.7 Å². The third-order valence-electron chi connectivity index (χ3n) is 2.99. The normalized spacial score (nSPS) is 12.7. The quantitative estimate of drug-likeness (QED) is 0.859. The number of halogens is 2. The van der Waals surface area contributed by atoms with Crippen molar-refractivity contribution in [1.29, 1.82) is 0 Å². The topological polar surface area (TPSA) is 56.0 Å². The van der Waals surface area contributed by atoms with Crippen molar-refractivity contribution in [1.82, 2.24) is 10.1 Å². The third kappa shape index (κ3) is 2.88. The summed E-state index contributed by atoms with van der Waals surface area (Å²) in [6.45, 7) is 5.30. The fourth-order valence-electron chi connectivity index (χ4n) is 2.04. The van der Waals surface area contributed by atoms with Crippen LogP contribution in [0.1, 0.15) is 32.6 Å². The number of Topliss-reactive ketones (excluding diaryl/α,β-unsaturated/α-hetero) is 1. The molecule has 4 nitrogen and oxygen atoms in total. The Bertz CT molecular complexity index is 640. The van der Waals surface area contributed by atoms with Gasteiger partial charge in [0, 0.05) is 5.56 Å². The van der Waals surface area contributed by atoms with Crippen LogP contribution in [-0.2, 0) is 4.79 Å². The van der Waals surface area contributed by atoms with Crippen molar-refractivity contribution in [2.45, 2.75) is 26.7 Å². The molecule has 2 rings (SSSR count). The first kappa shape index (κ1) is 14.7. The minimum absolute atomic E-state index is 0.0131. The van der Waals surface area contributed by atoms with E-state index >= 15 is 0 Å². The van der Waals surface area contributed by atoms with Gasteiger partial charge in [-0.2, -0.15) is 4.98 Å². The maximum absolute atomic E-state index is 13.1. The van der Waals surface area contributed by atoms with Crippen molar-refractivity contribution in [3.8, 4) is 11.4 Å². The van der Waals surface area contributed by atoms with Gasteiger partial charge in [0.15, 0.2) is 0 Å². The van der Waals surface area contributed by atoms with Gasteiger partial charge in [0.05, 0.1) is 10.9 Å². The molecule has 1 aromatic carbocycles. The Kier molecular flexibility index (Phi) is 4.18. The molecule has 1 heterocycles. The number of ketones is 1. The van der Waals surface area contributed by atoms with Gasteiger partial charge in [0.2, 0.25) is 11.7 Å². The van der Waals surface area contributed by atoms with Crippen LogP contribution in [-0.4, -0.2) is 15.9 Å². The van der Waals surface area contributed by atoms with Gasteiger partial charge in [-0.1, -0.05) is 30.6 Å². The van der Waals surface area contributed by atoms with E-state index in [1.54, 1.807) is 0 Å². The second-order valence-corrected chi connectivity index (χ2v) is 5.32. The average molecular weight is 297 g/mol. The van der Waals surface area contributed by atoms with Crippen LogP contribution < -0.4 is 0 Å². The van der Waals surface area contributed by atoms with E-state index in [1.165, 1.54) is 25.1 Å². The van der Waals surface area contributed by atoms with E-state index in [-0.39, 0.29) is 28.4 Å². The SMILES string of the molecule is CC(=O)C(c1nc(-c2ccc(F)c(Cl)c2)no1)C(C)C. The molecular formula is C14H14ClFN2O2. The maximum Gasteiger partial charge on any atom is 0.237 e. The van der Waals surface area contributed by atoms with Crippen LogP contribution in [0.25, 0.3) is 11.4 Å². The van der Waals surface area contributed by atoms with Crippen LogP contribution in [0.3, 0.4) is 0 Å². The molecule has 1 atom stereocenters. The lowest BCUT2D eigenvalue weighted by atomic mass is 9.92. The summed E-state index contributed by atoms with van der Waals surface area (Å²) in [5.74, 6) is -0.378. The molecule has 0 spiro atoms. The fourth-order valence-corrected chi connectivity index (χ4v) is 2.22. The molecule has 0 bridgehead atoms. The first-order valence-corrected chi connectivity index (χ1v) is 6.57. The standard InChI is InChI=1S/C14H14ClFN2O2/c1-7(2)12(8(3)19)14-17-13(18-20-14)9-4-5-11(16)10(15)6-9/h4-7,12H,1-3H3. The molecule has 0 aliphatic carbocycles. The van der Waals surface area contributed by atoms with Gasteiger partial charge < -0.3 is 4.52 Å². The largest absolute Gasteiger partial charge is 0.338 e. The number of benzene rings is 1. The van der Waals surface area contributed by atoms with Crippen molar-refractivity contribution >= 4 is 17.4 Å². The molecule has 0 aliphatic heterocycles. The lowest BCUT2D eigenvalue weighted by Gasteiger charge is -2.12. The molecule has 0 saturated heterocycles. The maximum atomic E-state index is 13.1. The predicted octanol–water partition coefficient (Wildman–Crippen LogP) is 3.86. The molecule has 0 amide bonds. The second-order valence-electron chi connectivity index (χ2n) is 4.92. The van der Waals surface area contributed by atoms with E-state index in [2.05, 4.69) is 10.1 Å². The lowest BCUT2D eigenvalue weighted by molar-refractivity contribution is -0.119. The first-order chi connectivity index (χ1) is 9.40. The highest BCUT2D eigenvalue weighted by molar-refractivity contribution is 6.31. The number of hydrogen-bond donors (Lipinski definition) is 0. The predicted molar refractivity (Wildman–Crippen MR) is 73.0 cm³/mol. The van der Waals surface area contributed by atoms with Crippen molar-refractivity contribution in [3.63, 3.8) is 0 Å². The Morgan fingerprint density at radius 1 is 1.40 bits per heavy atom. The summed E-state index contributed by atoms with van der Waals surface area (Å²) in [5.41, 5.74) is 0.539. The molecule has 0 aliphatic rings. The van der Waals surface area contributed by atoms with E-state index in [0.717, 1.165) is 0 Å². The van der Waals surface area contributed by atoms with Gasteiger partial charge in [0.25, 0.3) is 0 Å². The van der Waals surface area contributed by atoms with Crippen molar-refractivity contribution in [3.05, 3.63) is 34.9 Å². The van der Waals surface area contributed by atoms with Crippen molar-refractivity contribution in [2.75, 3.05) is 0 Å². The molecule has 106 valence electrons.